The zero-order valence-electron chi connectivity index (χ0n) is 34.7. The molecule has 1 aliphatic rings. The lowest BCUT2D eigenvalue weighted by atomic mass is 10.1. The number of carbonyl (C=O) groups is 2. The summed E-state index contributed by atoms with van der Waals surface area (Å²) in [6, 6.07) is 7.47. The van der Waals surface area contributed by atoms with Crippen LogP contribution in [0.1, 0.15) is 38.7 Å². The standard InChI is InChI=1S/C40H68N4O14/c1-3-10-44(39(45)36-33-35-7-5-6-8-37(35)43-38(41)34-36)58-12-9-42-40(46)57-32-31-56-30-29-55-28-27-54-26-25-53-24-23-52-22-21-51-20-19-50-18-17-49-16-15-48-14-13-47-11-4-2/h5-8,33H,3-4,9-32,34H2,1-2H3,(H2,41,43)(H,42,46). The van der Waals surface area contributed by atoms with Crippen LogP contribution in [0.2, 0.25) is 0 Å². The minimum Gasteiger partial charge on any atom is -0.447 e. The van der Waals surface area contributed by atoms with Crippen LogP contribution in [0.15, 0.2) is 34.8 Å². The third-order valence-electron chi connectivity index (χ3n) is 7.61. The van der Waals surface area contributed by atoms with E-state index in [1.165, 1.54) is 5.06 Å². The van der Waals surface area contributed by atoms with Gasteiger partial charge in [0, 0.05) is 37.3 Å². The second kappa shape index (κ2) is 36.8. The van der Waals surface area contributed by atoms with Gasteiger partial charge in [-0.05, 0) is 25.0 Å². The smallest absolute Gasteiger partial charge is 0.407 e. The minimum absolute atomic E-state index is 0.0775. The van der Waals surface area contributed by atoms with Crippen LogP contribution < -0.4 is 11.1 Å². The SMILES string of the molecule is CCCOCCOCCOCCOCCOCCOCCOCCOCCOCCOCCOC(=O)NCCON(CCC)C(=O)C1=Cc2ccccc2N=C(N)C1. The van der Waals surface area contributed by atoms with Gasteiger partial charge >= 0.3 is 6.09 Å². The highest BCUT2D eigenvalue weighted by atomic mass is 16.7. The number of ether oxygens (including phenoxy) is 11. The fourth-order valence-electron chi connectivity index (χ4n) is 4.84. The van der Waals surface area contributed by atoms with Crippen LogP contribution in [0.3, 0.4) is 0 Å². The monoisotopic (exact) mass is 828 g/mol. The van der Waals surface area contributed by atoms with E-state index in [1.807, 2.05) is 31.2 Å². The van der Waals surface area contributed by atoms with Gasteiger partial charge in [0.15, 0.2) is 0 Å². The number of hydrogen-bond acceptors (Lipinski definition) is 16. The number of benzene rings is 1. The molecule has 0 fully saturated rings. The van der Waals surface area contributed by atoms with Crippen molar-refractivity contribution in [1.29, 1.82) is 0 Å². The first-order valence-electron chi connectivity index (χ1n) is 20.3. The summed E-state index contributed by atoms with van der Waals surface area (Å²) in [6.07, 6.45) is 3.08. The number of fused-ring (bicyclic) bond motifs is 1. The number of rotatable bonds is 39. The molecule has 1 aromatic rings. The van der Waals surface area contributed by atoms with E-state index in [1.54, 1.807) is 6.08 Å². The van der Waals surface area contributed by atoms with Crippen molar-refractivity contribution in [3.05, 3.63) is 35.4 Å². The molecule has 0 radical (unpaired) electrons. The van der Waals surface area contributed by atoms with Crippen LogP contribution >= 0.6 is 0 Å². The number of carbonyl (C=O) groups excluding carboxylic acids is 2. The molecule has 0 unspecified atom stereocenters. The Bertz CT molecular complexity index is 1240. The number of nitrogens with two attached hydrogens (primary N) is 1. The molecule has 18 heteroatoms. The second-order valence-corrected chi connectivity index (χ2v) is 12.4. The van der Waals surface area contributed by atoms with Gasteiger partial charge in [-0.25, -0.2) is 14.9 Å². The van der Waals surface area contributed by atoms with E-state index in [-0.39, 0.29) is 38.7 Å². The Labute approximate surface area is 343 Å². The van der Waals surface area contributed by atoms with Crippen molar-refractivity contribution in [2.75, 3.05) is 158 Å². The number of aliphatic imine (C=N–C) groups is 1. The average molecular weight is 829 g/mol. The van der Waals surface area contributed by atoms with Gasteiger partial charge in [-0.1, -0.05) is 32.0 Å². The molecule has 1 aliphatic heterocycles. The number of amides is 2. The number of nitrogens with one attached hydrogen (secondary N) is 1. The van der Waals surface area contributed by atoms with Crippen LogP contribution in [0.5, 0.6) is 0 Å². The fourth-order valence-corrected chi connectivity index (χ4v) is 4.84. The van der Waals surface area contributed by atoms with Crippen molar-refractivity contribution in [2.24, 2.45) is 10.7 Å². The lowest BCUT2D eigenvalue weighted by Crippen LogP contribution is -2.37. The van der Waals surface area contributed by atoms with Gasteiger partial charge in [0.1, 0.15) is 12.4 Å². The molecular formula is C40H68N4O14. The molecule has 1 aromatic carbocycles. The van der Waals surface area contributed by atoms with Crippen molar-refractivity contribution in [3.8, 4) is 0 Å². The quantitative estimate of drug-likeness (QED) is 0.0725. The first-order chi connectivity index (χ1) is 28.5. The second-order valence-electron chi connectivity index (χ2n) is 12.4. The lowest BCUT2D eigenvalue weighted by molar-refractivity contribution is -0.181. The van der Waals surface area contributed by atoms with Gasteiger partial charge in [-0.15, -0.1) is 0 Å². The van der Waals surface area contributed by atoms with Crippen molar-refractivity contribution in [3.63, 3.8) is 0 Å². The molecule has 58 heavy (non-hydrogen) atoms. The fraction of sp³-hybridized carbons (Fsp3) is 0.725. The molecule has 1 heterocycles. The summed E-state index contributed by atoms with van der Waals surface area (Å²) in [6.45, 7) is 14.5. The highest BCUT2D eigenvalue weighted by molar-refractivity contribution is 6.05. The summed E-state index contributed by atoms with van der Waals surface area (Å²) in [5.41, 5.74) is 8.05. The summed E-state index contributed by atoms with van der Waals surface area (Å²) < 4.78 is 59.6. The Morgan fingerprint density at radius 3 is 1.48 bits per heavy atom. The number of para-hydroxylation sites is 1. The number of amidine groups is 1. The van der Waals surface area contributed by atoms with Crippen LogP contribution in [0, 0.1) is 0 Å². The molecule has 0 aromatic heterocycles. The number of nitrogens with zero attached hydrogens (tertiary/aromatic N) is 2. The summed E-state index contributed by atoms with van der Waals surface area (Å²) in [7, 11) is 0. The van der Waals surface area contributed by atoms with Crippen LogP contribution in [0.25, 0.3) is 6.08 Å². The highest BCUT2D eigenvalue weighted by Crippen LogP contribution is 2.26. The van der Waals surface area contributed by atoms with Crippen LogP contribution in [-0.2, 0) is 61.7 Å². The first-order valence-corrected chi connectivity index (χ1v) is 20.3. The maximum Gasteiger partial charge on any atom is 0.407 e. The maximum absolute atomic E-state index is 13.2. The zero-order chi connectivity index (χ0) is 41.6. The average Bonchev–Trinajstić information content (AvgIpc) is 3.40. The predicted molar refractivity (Wildman–Crippen MR) is 216 cm³/mol. The molecule has 0 bridgehead atoms. The van der Waals surface area contributed by atoms with Gasteiger partial charge in [0.25, 0.3) is 5.91 Å². The summed E-state index contributed by atoms with van der Waals surface area (Å²) in [4.78, 5) is 35.4. The predicted octanol–water partition coefficient (Wildman–Crippen LogP) is 2.93. The van der Waals surface area contributed by atoms with E-state index in [0.29, 0.717) is 149 Å². The molecule has 2 rings (SSSR count). The van der Waals surface area contributed by atoms with E-state index < -0.39 is 6.09 Å². The Hall–Kier alpha value is -3.27. The molecule has 332 valence electrons. The van der Waals surface area contributed by atoms with E-state index in [9.17, 15) is 9.59 Å². The maximum atomic E-state index is 13.2. The van der Waals surface area contributed by atoms with Crippen molar-refractivity contribution >= 4 is 29.6 Å². The summed E-state index contributed by atoms with van der Waals surface area (Å²) >= 11 is 0. The van der Waals surface area contributed by atoms with E-state index in [4.69, 9.17) is 62.7 Å². The Morgan fingerprint density at radius 2 is 1.03 bits per heavy atom. The highest BCUT2D eigenvalue weighted by Gasteiger charge is 2.22. The topological polar surface area (TPSA) is 199 Å². The number of hydroxylamine groups is 2. The Balaban J connectivity index is 1.28. The largest absolute Gasteiger partial charge is 0.447 e. The van der Waals surface area contributed by atoms with E-state index >= 15 is 0 Å². The molecule has 0 saturated heterocycles. The molecule has 0 atom stereocenters. The molecule has 2 amide bonds. The van der Waals surface area contributed by atoms with Crippen LogP contribution in [0.4, 0.5) is 10.5 Å². The molecule has 0 saturated carbocycles. The van der Waals surface area contributed by atoms with Crippen molar-refractivity contribution in [2.45, 2.75) is 33.1 Å². The number of hydrogen-bond donors (Lipinski definition) is 2. The van der Waals surface area contributed by atoms with Gasteiger partial charge in [0.05, 0.1) is 138 Å². The normalized spacial score (nSPS) is 12.4. The Morgan fingerprint density at radius 1 is 0.603 bits per heavy atom. The van der Waals surface area contributed by atoms with E-state index in [2.05, 4.69) is 17.2 Å². The van der Waals surface area contributed by atoms with E-state index in [0.717, 1.165) is 18.6 Å². The van der Waals surface area contributed by atoms with Gasteiger partial charge < -0.3 is 63.2 Å². The lowest BCUT2D eigenvalue weighted by Gasteiger charge is -2.22. The van der Waals surface area contributed by atoms with Gasteiger partial charge in [-0.3, -0.25) is 9.63 Å². The summed E-state index contributed by atoms with van der Waals surface area (Å²) in [5.74, 6) is 0.0514. The summed E-state index contributed by atoms with van der Waals surface area (Å²) in [5, 5.41) is 3.89. The molecule has 0 spiro atoms. The van der Waals surface area contributed by atoms with Crippen molar-refractivity contribution in [1.82, 2.24) is 10.4 Å². The van der Waals surface area contributed by atoms with Crippen LogP contribution in [-0.4, -0.2) is 181 Å². The van der Waals surface area contributed by atoms with Gasteiger partial charge in [-0.2, -0.15) is 0 Å². The zero-order valence-corrected chi connectivity index (χ0v) is 34.7. The van der Waals surface area contributed by atoms with Crippen molar-refractivity contribution < 1.29 is 66.5 Å². The van der Waals surface area contributed by atoms with Gasteiger partial charge in [0.2, 0.25) is 0 Å². The first kappa shape index (κ1) is 50.9. The minimum atomic E-state index is -0.610. The third kappa shape index (κ3) is 27.4. The molecule has 18 nitrogen and oxygen atoms in total. The molecular weight excluding hydrogens is 760 g/mol. The molecule has 0 aliphatic carbocycles. The number of alkyl carbamates (subject to hydrolysis) is 1. The Kier molecular flexibility index (Phi) is 32.3. The third-order valence-corrected chi connectivity index (χ3v) is 7.61. The molecule has 3 N–H and O–H groups in total.